The Hall–Kier alpha value is -2.04. The van der Waals surface area contributed by atoms with Crippen LogP contribution in [0.15, 0.2) is 24.3 Å². The quantitative estimate of drug-likeness (QED) is 0.784. The molecule has 0 bridgehead atoms. The topological polar surface area (TPSA) is 67.4 Å². The van der Waals surface area contributed by atoms with E-state index in [2.05, 4.69) is 10.6 Å². The van der Waals surface area contributed by atoms with E-state index in [1.54, 1.807) is 31.4 Å². The van der Waals surface area contributed by atoms with Crippen LogP contribution < -0.4 is 15.4 Å². The van der Waals surface area contributed by atoms with E-state index in [1.807, 2.05) is 0 Å². The van der Waals surface area contributed by atoms with E-state index in [-0.39, 0.29) is 17.7 Å². The van der Waals surface area contributed by atoms with Gasteiger partial charge in [0.15, 0.2) is 0 Å². The van der Waals surface area contributed by atoms with Crippen molar-refractivity contribution in [3.63, 3.8) is 0 Å². The van der Waals surface area contributed by atoms with Crippen molar-refractivity contribution < 1.29 is 14.3 Å². The maximum Gasteiger partial charge on any atom is 0.251 e. The first-order chi connectivity index (χ1) is 10.2. The molecule has 2 amide bonds. The average Bonchev–Trinajstić information content (AvgIpc) is 3.05. The van der Waals surface area contributed by atoms with Crippen molar-refractivity contribution in [3.8, 4) is 5.75 Å². The normalized spacial score (nSPS) is 14.7. The molecule has 0 unspecified atom stereocenters. The van der Waals surface area contributed by atoms with Gasteiger partial charge in [0.25, 0.3) is 5.91 Å². The maximum atomic E-state index is 11.9. The van der Waals surface area contributed by atoms with Gasteiger partial charge in [0.2, 0.25) is 5.91 Å². The molecule has 1 aromatic rings. The van der Waals surface area contributed by atoms with Crippen molar-refractivity contribution >= 4 is 11.8 Å². The maximum absolute atomic E-state index is 11.9. The molecule has 21 heavy (non-hydrogen) atoms. The second-order valence-corrected chi connectivity index (χ2v) is 5.26. The minimum atomic E-state index is -0.146. The summed E-state index contributed by atoms with van der Waals surface area (Å²) in [4.78, 5) is 23.7. The Kier molecular flexibility index (Phi) is 5.60. The summed E-state index contributed by atoms with van der Waals surface area (Å²) in [5, 5.41) is 5.66. The third-order valence-corrected chi connectivity index (χ3v) is 3.79. The van der Waals surface area contributed by atoms with Crippen LogP contribution in [0.3, 0.4) is 0 Å². The number of amides is 2. The van der Waals surface area contributed by atoms with Crippen LogP contribution in [0.25, 0.3) is 0 Å². The second kappa shape index (κ2) is 7.67. The number of ether oxygens (including phenoxy) is 1. The molecule has 1 aromatic carbocycles. The predicted octanol–water partition coefficient (Wildman–Crippen LogP) is 1.73. The molecule has 1 fully saturated rings. The molecule has 0 spiro atoms. The highest BCUT2D eigenvalue weighted by molar-refractivity contribution is 5.94. The summed E-state index contributed by atoms with van der Waals surface area (Å²) in [5.41, 5.74) is 0.581. The Bertz CT molecular complexity index is 479. The van der Waals surface area contributed by atoms with Crippen LogP contribution in [0, 0.1) is 5.92 Å². The van der Waals surface area contributed by atoms with E-state index in [0.29, 0.717) is 18.7 Å². The highest BCUT2D eigenvalue weighted by atomic mass is 16.5. The van der Waals surface area contributed by atoms with E-state index in [1.165, 1.54) is 0 Å². The molecule has 0 aromatic heterocycles. The molecule has 2 N–H and O–H groups in total. The van der Waals surface area contributed by atoms with Crippen LogP contribution in [-0.2, 0) is 4.79 Å². The van der Waals surface area contributed by atoms with Crippen LogP contribution in [0.5, 0.6) is 5.75 Å². The molecule has 1 aliphatic rings. The van der Waals surface area contributed by atoms with Gasteiger partial charge in [-0.1, -0.05) is 12.8 Å². The lowest BCUT2D eigenvalue weighted by atomic mass is 10.1. The smallest absolute Gasteiger partial charge is 0.251 e. The van der Waals surface area contributed by atoms with Gasteiger partial charge in [-0.2, -0.15) is 0 Å². The molecule has 114 valence electrons. The summed E-state index contributed by atoms with van der Waals surface area (Å²) in [6, 6.07) is 6.92. The zero-order valence-electron chi connectivity index (χ0n) is 12.4. The summed E-state index contributed by atoms with van der Waals surface area (Å²) in [7, 11) is 1.59. The fourth-order valence-electron chi connectivity index (χ4n) is 2.54. The number of methoxy groups -OCH3 is 1. The first-order valence-electron chi connectivity index (χ1n) is 7.40. The summed E-state index contributed by atoms with van der Waals surface area (Å²) in [5.74, 6) is 0.858. The second-order valence-electron chi connectivity index (χ2n) is 5.26. The third kappa shape index (κ3) is 4.48. The third-order valence-electron chi connectivity index (χ3n) is 3.79. The van der Waals surface area contributed by atoms with Crippen molar-refractivity contribution in [2.45, 2.75) is 25.7 Å². The highest BCUT2D eigenvalue weighted by Crippen LogP contribution is 2.24. The van der Waals surface area contributed by atoms with Crippen molar-refractivity contribution in [1.29, 1.82) is 0 Å². The molecule has 5 nitrogen and oxygen atoms in total. The lowest BCUT2D eigenvalue weighted by molar-refractivity contribution is -0.124. The summed E-state index contributed by atoms with van der Waals surface area (Å²) in [6.07, 6.45) is 4.27. The molecule has 1 saturated carbocycles. The molecular weight excluding hydrogens is 268 g/mol. The largest absolute Gasteiger partial charge is 0.497 e. The highest BCUT2D eigenvalue weighted by Gasteiger charge is 2.21. The van der Waals surface area contributed by atoms with Gasteiger partial charge < -0.3 is 15.4 Å². The van der Waals surface area contributed by atoms with Crippen LogP contribution in [0.4, 0.5) is 0 Å². The standard InChI is InChI=1S/C16H22N2O3/c1-21-14-8-6-13(7-9-14)16(20)18-11-10-17-15(19)12-4-2-3-5-12/h6-9,12H,2-5,10-11H2,1H3,(H,17,19)(H,18,20). The Labute approximate surface area is 125 Å². The predicted molar refractivity (Wildman–Crippen MR) is 80.3 cm³/mol. The van der Waals surface area contributed by atoms with Crippen molar-refractivity contribution in [1.82, 2.24) is 10.6 Å². The van der Waals surface area contributed by atoms with E-state index in [4.69, 9.17) is 4.74 Å². The molecular formula is C16H22N2O3. The number of carbonyl (C=O) groups excluding carboxylic acids is 2. The summed E-state index contributed by atoms with van der Waals surface area (Å²) < 4.78 is 5.04. The zero-order chi connectivity index (χ0) is 15.1. The first kappa shape index (κ1) is 15.4. The average molecular weight is 290 g/mol. The summed E-state index contributed by atoms with van der Waals surface area (Å²) in [6.45, 7) is 0.903. The van der Waals surface area contributed by atoms with Gasteiger partial charge in [0.1, 0.15) is 5.75 Å². The molecule has 5 heteroatoms. The van der Waals surface area contributed by atoms with Gasteiger partial charge in [-0.15, -0.1) is 0 Å². The van der Waals surface area contributed by atoms with E-state index in [0.717, 1.165) is 31.4 Å². The molecule has 0 atom stereocenters. The molecule has 2 rings (SSSR count). The number of rotatable bonds is 6. The van der Waals surface area contributed by atoms with E-state index in [9.17, 15) is 9.59 Å². The number of hydrogen-bond acceptors (Lipinski definition) is 3. The van der Waals surface area contributed by atoms with Gasteiger partial charge >= 0.3 is 0 Å². The number of benzene rings is 1. The number of carbonyl (C=O) groups is 2. The minimum absolute atomic E-state index is 0.117. The zero-order valence-corrected chi connectivity index (χ0v) is 12.4. The first-order valence-corrected chi connectivity index (χ1v) is 7.40. The lowest BCUT2D eigenvalue weighted by Crippen LogP contribution is -2.37. The van der Waals surface area contributed by atoms with E-state index < -0.39 is 0 Å². The van der Waals surface area contributed by atoms with Gasteiger partial charge in [0, 0.05) is 24.6 Å². The van der Waals surface area contributed by atoms with E-state index >= 15 is 0 Å². The van der Waals surface area contributed by atoms with Gasteiger partial charge in [-0.05, 0) is 37.1 Å². The van der Waals surface area contributed by atoms with Gasteiger partial charge in [-0.25, -0.2) is 0 Å². The minimum Gasteiger partial charge on any atom is -0.497 e. The summed E-state index contributed by atoms with van der Waals surface area (Å²) >= 11 is 0. The number of hydrogen-bond donors (Lipinski definition) is 2. The monoisotopic (exact) mass is 290 g/mol. The van der Waals surface area contributed by atoms with Crippen molar-refractivity contribution in [2.24, 2.45) is 5.92 Å². The van der Waals surface area contributed by atoms with Crippen molar-refractivity contribution in [2.75, 3.05) is 20.2 Å². The molecule has 0 saturated heterocycles. The van der Waals surface area contributed by atoms with Crippen molar-refractivity contribution in [3.05, 3.63) is 29.8 Å². The molecule has 1 aliphatic carbocycles. The van der Waals surface area contributed by atoms with Crippen LogP contribution >= 0.6 is 0 Å². The van der Waals surface area contributed by atoms with Crippen LogP contribution in [0.2, 0.25) is 0 Å². The Balaban J connectivity index is 1.67. The lowest BCUT2D eigenvalue weighted by Gasteiger charge is -2.11. The SMILES string of the molecule is COc1ccc(C(=O)NCCNC(=O)C2CCCC2)cc1. The van der Waals surface area contributed by atoms with Gasteiger partial charge in [0.05, 0.1) is 7.11 Å². The van der Waals surface area contributed by atoms with Crippen LogP contribution in [-0.4, -0.2) is 32.0 Å². The fourth-order valence-corrected chi connectivity index (χ4v) is 2.54. The molecule has 0 heterocycles. The van der Waals surface area contributed by atoms with Crippen LogP contribution in [0.1, 0.15) is 36.0 Å². The molecule has 0 aliphatic heterocycles. The fraction of sp³-hybridized carbons (Fsp3) is 0.500. The number of nitrogens with one attached hydrogen (secondary N) is 2. The van der Waals surface area contributed by atoms with Gasteiger partial charge in [-0.3, -0.25) is 9.59 Å². The molecule has 0 radical (unpaired) electrons. The Morgan fingerprint density at radius 3 is 2.33 bits per heavy atom. The Morgan fingerprint density at radius 2 is 1.71 bits per heavy atom. The Morgan fingerprint density at radius 1 is 1.10 bits per heavy atom.